The summed E-state index contributed by atoms with van der Waals surface area (Å²) in [6.07, 6.45) is 80.5. The Hall–Kier alpha value is -2.29. The number of phosphoric acid groups is 1. The van der Waals surface area contributed by atoms with Crippen LogP contribution < -0.4 is 10.2 Å². The third-order valence-corrected chi connectivity index (χ3v) is 16.9. The van der Waals surface area contributed by atoms with E-state index in [4.69, 9.17) is 13.8 Å². The van der Waals surface area contributed by atoms with E-state index in [2.05, 4.69) is 74.7 Å². The Labute approximate surface area is 515 Å². The maximum absolute atomic E-state index is 13.6. The van der Waals surface area contributed by atoms with Crippen molar-refractivity contribution in [1.29, 1.82) is 0 Å². The van der Waals surface area contributed by atoms with Crippen molar-refractivity contribution in [2.75, 3.05) is 40.9 Å². The Kier molecular flexibility index (Phi) is 61.0. The molecular weight excluding hydrogens is 1050 g/mol. The third-order valence-electron chi connectivity index (χ3n) is 15.9. The first-order valence-electron chi connectivity index (χ1n) is 35.6. The lowest BCUT2D eigenvalue weighted by molar-refractivity contribution is -0.870. The van der Waals surface area contributed by atoms with Gasteiger partial charge in [-0.1, -0.05) is 294 Å². The van der Waals surface area contributed by atoms with E-state index in [-0.39, 0.29) is 31.5 Å². The van der Waals surface area contributed by atoms with Crippen molar-refractivity contribution < 1.29 is 37.3 Å². The number of phosphoric ester groups is 1. The number of carbonyl (C=O) groups excluding carboxylic acids is 2. The van der Waals surface area contributed by atoms with E-state index < -0.39 is 20.0 Å². The smallest absolute Gasteiger partial charge is 0.306 e. The molecule has 0 aliphatic rings. The van der Waals surface area contributed by atoms with Crippen LogP contribution in [0.3, 0.4) is 0 Å². The molecule has 486 valence electrons. The van der Waals surface area contributed by atoms with Gasteiger partial charge in [0.15, 0.2) is 0 Å². The Morgan fingerprint density at radius 1 is 0.422 bits per heavy atom. The normalized spacial score (nSPS) is 13.9. The molecule has 0 aromatic heterocycles. The van der Waals surface area contributed by atoms with Crippen molar-refractivity contribution >= 4 is 19.7 Å². The summed E-state index contributed by atoms with van der Waals surface area (Å²) < 4.78 is 30.5. The predicted octanol–water partition coefficient (Wildman–Crippen LogP) is 21.9. The molecule has 1 amide bonds. The van der Waals surface area contributed by atoms with Crippen LogP contribution in [0.25, 0.3) is 0 Å². The van der Waals surface area contributed by atoms with Crippen LogP contribution in [0, 0.1) is 0 Å². The van der Waals surface area contributed by atoms with Gasteiger partial charge in [0, 0.05) is 12.8 Å². The van der Waals surface area contributed by atoms with Crippen LogP contribution in [0.2, 0.25) is 0 Å². The van der Waals surface area contributed by atoms with Crippen LogP contribution in [0.5, 0.6) is 0 Å². The van der Waals surface area contributed by atoms with Gasteiger partial charge in [0.25, 0.3) is 7.82 Å². The number of rotatable bonds is 65. The van der Waals surface area contributed by atoms with Crippen LogP contribution in [0.15, 0.2) is 60.8 Å². The SMILES string of the molecule is CCCCC/C=C\C/C=C\CCCCCCCCCCCCCCCCCC(=O)NC(COP(=O)([O-])OCC[N+](C)(C)C)C(/C=C\CCCCCCCCCCCCC)OC(=O)CCCCCCCCCCC/C=C\C/C=C\CCCCC. The topological polar surface area (TPSA) is 114 Å². The molecule has 83 heavy (non-hydrogen) atoms. The zero-order valence-corrected chi connectivity index (χ0v) is 56.6. The van der Waals surface area contributed by atoms with Gasteiger partial charge < -0.3 is 28.5 Å². The van der Waals surface area contributed by atoms with Gasteiger partial charge in [0.1, 0.15) is 19.3 Å². The number of hydrogen-bond acceptors (Lipinski definition) is 7. The molecule has 0 aliphatic carbocycles. The van der Waals surface area contributed by atoms with Crippen LogP contribution in [-0.4, -0.2) is 69.4 Å². The van der Waals surface area contributed by atoms with E-state index in [1.54, 1.807) is 0 Å². The summed E-state index contributed by atoms with van der Waals surface area (Å²) in [6.45, 7) is 6.84. The fourth-order valence-electron chi connectivity index (χ4n) is 10.4. The second-order valence-corrected chi connectivity index (χ2v) is 26.8. The molecule has 0 spiro atoms. The van der Waals surface area contributed by atoms with Crippen LogP contribution >= 0.6 is 7.82 Å². The molecule has 10 heteroatoms. The molecule has 1 N–H and O–H groups in total. The summed E-state index contributed by atoms with van der Waals surface area (Å²) in [7, 11) is 1.19. The lowest BCUT2D eigenvalue weighted by Crippen LogP contribution is -2.47. The summed E-state index contributed by atoms with van der Waals surface area (Å²) in [5.41, 5.74) is 0. The predicted molar refractivity (Wildman–Crippen MR) is 358 cm³/mol. The molecule has 3 atom stereocenters. The molecule has 0 fully saturated rings. The number of esters is 1. The molecule has 0 rings (SSSR count). The third kappa shape index (κ3) is 64.0. The van der Waals surface area contributed by atoms with Gasteiger partial charge in [0.05, 0.1) is 33.8 Å². The summed E-state index contributed by atoms with van der Waals surface area (Å²) >= 11 is 0. The van der Waals surface area contributed by atoms with Crippen molar-refractivity contribution in [1.82, 2.24) is 5.32 Å². The van der Waals surface area contributed by atoms with Crippen molar-refractivity contribution in [2.45, 2.75) is 354 Å². The van der Waals surface area contributed by atoms with Crippen molar-refractivity contribution in [2.24, 2.45) is 0 Å². The van der Waals surface area contributed by atoms with Gasteiger partial charge in [0.2, 0.25) is 5.91 Å². The Balaban J connectivity index is 5.08. The largest absolute Gasteiger partial charge is 0.756 e. The zero-order chi connectivity index (χ0) is 60.7. The fraction of sp³-hybridized carbons (Fsp3) is 0.836. The number of ether oxygens (including phenoxy) is 1. The van der Waals surface area contributed by atoms with E-state index in [1.807, 2.05) is 33.3 Å². The van der Waals surface area contributed by atoms with Crippen molar-refractivity contribution in [3.8, 4) is 0 Å². The average molecular weight is 1190 g/mol. The molecule has 0 saturated carbocycles. The quantitative estimate of drug-likeness (QED) is 0.0212. The van der Waals surface area contributed by atoms with Gasteiger partial charge in [-0.15, -0.1) is 0 Å². The molecule has 3 unspecified atom stereocenters. The number of likely N-dealkylation sites (N-methyl/N-ethyl adjacent to an activating group) is 1. The number of amides is 1. The van der Waals surface area contributed by atoms with E-state index in [9.17, 15) is 19.0 Å². The highest BCUT2D eigenvalue weighted by Gasteiger charge is 2.27. The standard InChI is InChI=1S/C73H137N2O7P/c1-7-10-13-16-19-22-25-28-30-32-34-35-36-37-38-39-41-42-44-47-50-53-56-59-62-65-72(76)74-70(69-81-83(78,79)80-68-67-75(4,5)6)71(64-61-58-55-52-49-46-27-24-21-18-15-12-9-3)82-73(77)66-63-60-57-54-51-48-45-43-40-33-31-29-26-23-20-17-14-11-8-2/h19-20,22-23,28-31,61,64,70-71H,7-18,21,24-27,32-60,62-63,65-69H2,1-6H3,(H-,74,76,78,79)/b22-19-,23-20-,30-28-,31-29-,64-61-. The summed E-state index contributed by atoms with van der Waals surface area (Å²) in [4.78, 5) is 40.2. The number of nitrogens with one attached hydrogen (secondary N) is 1. The van der Waals surface area contributed by atoms with Gasteiger partial charge in [-0.2, -0.15) is 0 Å². The lowest BCUT2D eigenvalue weighted by Gasteiger charge is -2.30. The van der Waals surface area contributed by atoms with Gasteiger partial charge in [-0.05, 0) is 96.0 Å². The Bertz CT molecular complexity index is 1600. The molecule has 0 heterocycles. The summed E-state index contributed by atoms with van der Waals surface area (Å²) in [6, 6.07) is -0.891. The molecule has 0 aliphatic heterocycles. The first-order chi connectivity index (χ1) is 40.4. The fourth-order valence-corrected chi connectivity index (χ4v) is 11.1. The minimum Gasteiger partial charge on any atom is -0.756 e. The molecule has 0 aromatic rings. The molecule has 9 nitrogen and oxygen atoms in total. The van der Waals surface area contributed by atoms with Crippen LogP contribution in [-0.2, 0) is 27.9 Å². The highest BCUT2D eigenvalue weighted by molar-refractivity contribution is 7.45. The zero-order valence-electron chi connectivity index (χ0n) is 55.7. The molecule has 0 radical (unpaired) electrons. The minimum absolute atomic E-state index is 0.0227. The van der Waals surface area contributed by atoms with E-state index in [1.165, 1.54) is 238 Å². The number of carbonyl (C=O) groups is 2. The lowest BCUT2D eigenvalue weighted by atomic mass is 10.0. The second kappa shape index (κ2) is 62.8. The van der Waals surface area contributed by atoms with Crippen LogP contribution in [0.4, 0.5) is 0 Å². The first-order valence-corrected chi connectivity index (χ1v) is 37.1. The summed E-state index contributed by atoms with van der Waals surface area (Å²) in [5.74, 6) is -0.533. The van der Waals surface area contributed by atoms with Gasteiger partial charge in [-0.3, -0.25) is 14.2 Å². The van der Waals surface area contributed by atoms with Crippen molar-refractivity contribution in [3.05, 3.63) is 60.8 Å². The highest BCUT2D eigenvalue weighted by atomic mass is 31.2. The summed E-state index contributed by atoms with van der Waals surface area (Å²) in [5, 5.41) is 3.05. The number of unbranched alkanes of at least 4 members (excludes halogenated alkanes) is 41. The van der Waals surface area contributed by atoms with Crippen LogP contribution in [0.1, 0.15) is 342 Å². The number of hydrogen-bond donors (Lipinski definition) is 1. The van der Waals surface area contributed by atoms with Gasteiger partial charge in [-0.25, -0.2) is 0 Å². The number of quaternary nitrogens is 1. The van der Waals surface area contributed by atoms with Crippen molar-refractivity contribution in [3.63, 3.8) is 0 Å². The highest BCUT2D eigenvalue weighted by Crippen LogP contribution is 2.38. The maximum atomic E-state index is 13.6. The van der Waals surface area contributed by atoms with Gasteiger partial charge >= 0.3 is 5.97 Å². The number of nitrogens with zero attached hydrogens (tertiary/aromatic N) is 1. The second-order valence-electron chi connectivity index (χ2n) is 25.4. The monoisotopic (exact) mass is 1190 g/mol. The van der Waals surface area contributed by atoms with E-state index in [0.29, 0.717) is 17.4 Å². The maximum Gasteiger partial charge on any atom is 0.306 e. The average Bonchev–Trinajstić information content (AvgIpc) is 3.46. The molecule has 0 aromatic carbocycles. The number of allylic oxidation sites excluding steroid dienone is 9. The molecular formula is C73H137N2O7P. The minimum atomic E-state index is -4.71. The molecule has 0 bridgehead atoms. The van der Waals surface area contributed by atoms with E-state index >= 15 is 0 Å². The first kappa shape index (κ1) is 80.7. The molecule has 0 saturated heterocycles. The van der Waals surface area contributed by atoms with E-state index in [0.717, 1.165) is 70.6 Å². The Morgan fingerprint density at radius 2 is 0.735 bits per heavy atom. The Morgan fingerprint density at radius 3 is 1.11 bits per heavy atom.